The lowest BCUT2D eigenvalue weighted by atomic mass is 10.0. The van der Waals surface area contributed by atoms with E-state index in [2.05, 4.69) is 25.8 Å². The number of anilines is 3. The number of carbonyl (C=O) groups excluding carboxylic acids is 1. The average molecular weight is 549 g/mol. The maximum Gasteiger partial charge on any atom is 0.417 e. The van der Waals surface area contributed by atoms with Gasteiger partial charge in [0.05, 0.1) is 35.7 Å². The van der Waals surface area contributed by atoms with Gasteiger partial charge < -0.3 is 24.7 Å². The van der Waals surface area contributed by atoms with E-state index in [4.69, 9.17) is 9.15 Å². The quantitative estimate of drug-likeness (QED) is 0.369. The Morgan fingerprint density at radius 2 is 1.68 bits per heavy atom. The Kier molecular flexibility index (Phi) is 6.68. The zero-order chi connectivity index (χ0) is 27.7. The Labute approximate surface area is 226 Å². The van der Waals surface area contributed by atoms with Crippen molar-refractivity contribution >= 4 is 29.0 Å². The van der Waals surface area contributed by atoms with Crippen LogP contribution in [0.3, 0.4) is 0 Å². The van der Waals surface area contributed by atoms with Crippen LogP contribution < -0.4 is 15.5 Å². The molecule has 204 valence electrons. The molecule has 9 nitrogen and oxygen atoms in total. The SMILES string of the molecule is O=C1Nc2ccccc2C(c2ccccc2)=N[C@@H]1Nc1nnc(-c2ccc(N3CCOCC3)cc2C(F)(F)F)o1. The number of hydrogen-bond acceptors (Lipinski definition) is 8. The first-order valence-electron chi connectivity index (χ1n) is 12.5. The molecule has 0 bridgehead atoms. The third-order valence-electron chi connectivity index (χ3n) is 6.59. The number of para-hydroxylation sites is 1. The molecule has 12 heteroatoms. The van der Waals surface area contributed by atoms with E-state index in [9.17, 15) is 18.0 Å². The second-order valence-electron chi connectivity index (χ2n) is 9.16. The number of nitrogens with one attached hydrogen (secondary N) is 2. The van der Waals surface area contributed by atoms with Crippen molar-refractivity contribution in [3.8, 4) is 11.5 Å². The molecular formula is C28H23F3N6O3. The number of alkyl halides is 3. The molecule has 6 rings (SSSR count). The van der Waals surface area contributed by atoms with Gasteiger partial charge in [0.2, 0.25) is 12.1 Å². The highest BCUT2D eigenvalue weighted by atomic mass is 19.4. The van der Waals surface area contributed by atoms with Crippen LogP contribution >= 0.6 is 0 Å². The van der Waals surface area contributed by atoms with E-state index in [1.54, 1.807) is 18.2 Å². The molecule has 0 aliphatic carbocycles. The van der Waals surface area contributed by atoms with Gasteiger partial charge in [0.15, 0.2) is 0 Å². The van der Waals surface area contributed by atoms with Crippen molar-refractivity contribution in [2.45, 2.75) is 12.3 Å². The second-order valence-corrected chi connectivity index (χ2v) is 9.16. The molecule has 0 unspecified atom stereocenters. The number of amides is 1. The van der Waals surface area contributed by atoms with Crippen molar-refractivity contribution in [3.63, 3.8) is 0 Å². The van der Waals surface area contributed by atoms with Gasteiger partial charge in [-0.25, -0.2) is 4.99 Å². The van der Waals surface area contributed by atoms with Crippen LogP contribution in [0.4, 0.5) is 30.6 Å². The Morgan fingerprint density at radius 3 is 2.45 bits per heavy atom. The number of nitrogens with zero attached hydrogens (tertiary/aromatic N) is 4. The minimum Gasteiger partial charge on any atom is -0.403 e. The summed E-state index contributed by atoms with van der Waals surface area (Å²) in [4.78, 5) is 19.5. The van der Waals surface area contributed by atoms with Crippen molar-refractivity contribution in [2.24, 2.45) is 4.99 Å². The number of benzodiazepines with no additional fused rings is 1. The molecule has 2 aliphatic heterocycles. The van der Waals surface area contributed by atoms with Crippen LogP contribution in [0.1, 0.15) is 16.7 Å². The van der Waals surface area contributed by atoms with Gasteiger partial charge in [-0.1, -0.05) is 53.6 Å². The Balaban J connectivity index is 1.32. The van der Waals surface area contributed by atoms with E-state index in [0.717, 1.165) is 11.6 Å². The third-order valence-corrected chi connectivity index (χ3v) is 6.59. The Bertz CT molecular complexity index is 1570. The number of fused-ring (bicyclic) bond motifs is 1. The van der Waals surface area contributed by atoms with Gasteiger partial charge in [-0.05, 0) is 24.3 Å². The van der Waals surface area contributed by atoms with Crippen molar-refractivity contribution in [1.29, 1.82) is 0 Å². The molecule has 3 heterocycles. The molecule has 3 aromatic carbocycles. The molecule has 0 spiro atoms. The maximum atomic E-state index is 14.1. The van der Waals surface area contributed by atoms with Gasteiger partial charge in [0.1, 0.15) is 0 Å². The van der Waals surface area contributed by atoms with Gasteiger partial charge in [0, 0.05) is 29.9 Å². The van der Waals surface area contributed by atoms with Gasteiger partial charge in [-0.2, -0.15) is 13.2 Å². The minimum absolute atomic E-state index is 0.248. The van der Waals surface area contributed by atoms with Crippen LogP contribution in [-0.2, 0) is 15.7 Å². The molecule has 2 N–H and O–H groups in total. The van der Waals surface area contributed by atoms with Gasteiger partial charge >= 0.3 is 12.2 Å². The summed E-state index contributed by atoms with van der Waals surface area (Å²) in [5.74, 6) is -0.836. The summed E-state index contributed by atoms with van der Waals surface area (Å²) in [5, 5.41) is 13.3. The zero-order valence-electron chi connectivity index (χ0n) is 21.0. The number of halogens is 3. The third kappa shape index (κ3) is 5.13. The fourth-order valence-electron chi connectivity index (χ4n) is 4.66. The zero-order valence-corrected chi connectivity index (χ0v) is 21.0. The lowest BCUT2D eigenvalue weighted by Crippen LogP contribution is -2.36. The number of ether oxygens (including phenoxy) is 1. The molecule has 2 aliphatic rings. The fourth-order valence-corrected chi connectivity index (χ4v) is 4.66. The minimum atomic E-state index is -4.67. The number of aromatic nitrogens is 2. The summed E-state index contributed by atoms with van der Waals surface area (Å²) in [5.41, 5.74) is 1.86. The molecule has 40 heavy (non-hydrogen) atoms. The molecular weight excluding hydrogens is 525 g/mol. The average Bonchev–Trinajstić information content (AvgIpc) is 3.39. The lowest BCUT2D eigenvalue weighted by molar-refractivity contribution is -0.137. The predicted octanol–water partition coefficient (Wildman–Crippen LogP) is 4.82. The first-order valence-corrected chi connectivity index (χ1v) is 12.5. The van der Waals surface area contributed by atoms with Crippen molar-refractivity contribution < 1.29 is 27.1 Å². The monoisotopic (exact) mass is 548 g/mol. The van der Waals surface area contributed by atoms with Gasteiger partial charge in [-0.3, -0.25) is 4.79 Å². The van der Waals surface area contributed by atoms with Crippen molar-refractivity contribution in [1.82, 2.24) is 10.2 Å². The van der Waals surface area contributed by atoms with Crippen molar-refractivity contribution in [2.75, 3.05) is 41.8 Å². The highest BCUT2D eigenvalue weighted by Crippen LogP contribution is 2.39. The summed E-state index contributed by atoms with van der Waals surface area (Å²) in [6.07, 6.45) is -5.86. The summed E-state index contributed by atoms with van der Waals surface area (Å²) in [6, 6.07) is 20.3. The van der Waals surface area contributed by atoms with Crippen LogP contribution in [0.5, 0.6) is 0 Å². The van der Waals surface area contributed by atoms with Crippen LogP contribution in [-0.4, -0.2) is 54.3 Å². The topological polar surface area (TPSA) is 105 Å². The number of carbonyl (C=O) groups is 1. The van der Waals surface area contributed by atoms with E-state index < -0.39 is 23.8 Å². The first-order chi connectivity index (χ1) is 19.4. The highest BCUT2D eigenvalue weighted by molar-refractivity contribution is 6.19. The number of benzene rings is 3. The van der Waals surface area contributed by atoms with Crippen LogP contribution in [0, 0.1) is 0 Å². The number of morpholine rings is 1. The number of rotatable bonds is 5. The normalized spacial score (nSPS) is 17.5. The molecule has 1 atom stereocenters. The summed E-state index contributed by atoms with van der Waals surface area (Å²) in [6.45, 7) is 1.86. The summed E-state index contributed by atoms with van der Waals surface area (Å²) >= 11 is 0. The van der Waals surface area contributed by atoms with E-state index >= 15 is 0 Å². The highest BCUT2D eigenvalue weighted by Gasteiger charge is 2.36. The number of hydrogen-bond donors (Lipinski definition) is 2. The molecule has 1 aromatic heterocycles. The molecule has 0 radical (unpaired) electrons. The fraction of sp³-hybridized carbons (Fsp3) is 0.214. The molecule has 4 aromatic rings. The van der Waals surface area contributed by atoms with Crippen molar-refractivity contribution in [3.05, 3.63) is 89.5 Å². The van der Waals surface area contributed by atoms with Crippen LogP contribution in [0.15, 0.2) is 82.2 Å². The van der Waals surface area contributed by atoms with E-state index in [1.807, 2.05) is 47.4 Å². The predicted molar refractivity (Wildman–Crippen MR) is 142 cm³/mol. The molecule has 1 saturated heterocycles. The second kappa shape index (κ2) is 10.5. The maximum absolute atomic E-state index is 14.1. The summed E-state index contributed by atoms with van der Waals surface area (Å²) < 4.78 is 53.1. The standard InChI is InChI=1S/C28H23F3N6O3/c29-28(30,31)21-16-18(37-12-14-39-15-13-37)10-11-19(21)26-35-36-27(40-26)34-24-25(38)32-22-9-5-4-8-20(22)23(33-24)17-6-2-1-3-7-17/h1-11,16,24H,12-15H2,(H,32,38)(H,34,36)/t24-/m1/s1. The van der Waals surface area contributed by atoms with Gasteiger partial charge in [0.25, 0.3) is 5.91 Å². The molecule has 1 amide bonds. The lowest BCUT2D eigenvalue weighted by Gasteiger charge is -2.29. The van der Waals surface area contributed by atoms with E-state index in [0.29, 0.717) is 49.0 Å². The molecule has 1 fully saturated rings. The largest absolute Gasteiger partial charge is 0.417 e. The van der Waals surface area contributed by atoms with E-state index in [-0.39, 0.29) is 17.5 Å². The smallest absolute Gasteiger partial charge is 0.403 e. The summed E-state index contributed by atoms with van der Waals surface area (Å²) in [7, 11) is 0. The van der Waals surface area contributed by atoms with Crippen LogP contribution in [0.25, 0.3) is 11.5 Å². The number of aliphatic imine (C=N–C) groups is 1. The van der Waals surface area contributed by atoms with E-state index in [1.165, 1.54) is 6.07 Å². The Hall–Kier alpha value is -4.71. The first kappa shape index (κ1) is 25.6. The Morgan fingerprint density at radius 1 is 0.925 bits per heavy atom. The van der Waals surface area contributed by atoms with Crippen LogP contribution in [0.2, 0.25) is 0 Å². The molecule has 0 saturated carbocycles. The van der Waals surface area contributed by atoms with Gasteiger partial charge in [-0.15, -0.1) is 5.10 Å².